The van der Waals surface area contributed by atoms with Crippen molar-refractivity contribution in [1.29, 1.82) is 0 Å². The molecule has 2 nitrogen and oxygen atoms in total. The average Bonchev–Trinajstić information content (AvgIpc) is 2.43. The lowest BCUT2D eigenvalue weighted by molar-refractivity contribution is 0.0784. The van der Waals surface area contributed by atoms with E-state index in [1.165, 1.54) is 5.56 Å². The van der Waals surface area contributed by atoms with E-state index in [2.05, 4.69) is 69.7 Å². The number of carbonyl (C=O) groups is 1. The van der Waals surface area contributed by atoms with Crippen LogP contribution in [-0.2, 0) is 6.54 Å². The Morgan fingerprint density at radius 1 is 1.20 bits per heavy atom. The number of nitrogens with zero attached hydrogens (tertiary/aromatic N) is 1. The Balaban J connectivity index is 2.16. The molecule has 0 unspecified atom stereocenters. The Hall–Kier alpha value is -0.880. The van der Waals surface area contributed by atoms with Crippen LogP contribution >= 0.6 is 38.5 Å². The SMILES string of the molecule is Cc1ccc(CN(C)C(=O)c2cc(I)ccc2Br)cc1. The lowest BCUT2D eigenvalue weighted by Crippen LogP contribution is -2.26. The van der Waals surface area contributed by atoms with Gasteiger partial charge in [0.25, 0.3) is 5.91 Å². The van der Waals surface area contributed by atoms with Gasteiger partial charge < -0.3 is 4.90 Å². The van der Waals surface area contributed by atoms with Crippen LogP contribution in [-0.4, -0.2) is 17.9 Å². The fourth-order valence-corrected chi connectivity index (χ4v) is 2.81. The minimum Gasteiger partial charge on any atom is -0.337 e. The number of carbonyl (C=O) groups excluding carboxylic acids is 1. The largest absolute Gasteiger partial charge is 0.337 e. The molecule has 0 spiro atoms. The van der Waals surface area contributed by atoms with Gasteiger partial charge in [-0.25, -0.2) is 0 Å². The first kappa shape index (κ1) is 15.5. The van der Waals surface area contributed by atoms with Crippen molar-refractivity contribution in [2.45, 2.75) is 13.5 Å². The van der Waals surface area contributed by atoms with Crippen molar-refractivity contribution < 1.29 is 4.79 Å². The molecule has 0 N–H and O–H groups in total. The summed E-state index contributed by atoms with van der Waals surface area (Å²) in [4.78, 5) is 14.2. The molecule has 0 aliphatic carbocycles. The third kappa shape index (κ3) is 3.82. The molecule has 0 radical (unpaired) electrons. The van der Waals surface area contributed by atoms with Gasteiger partial charge in [-0.05, 0) is 69.2 Å². The van der Waals surface area contributed by atoms with Gasteiger partial charge in [0.15, 0.2) is 0 Å². The van der Waals surface area contributed by atoms with Crippen molar-refractivity contribution in [3.63, 3.8) is 0 Å². The quantitative estimate of drug-likeness (QED) is 0.633. The minimum atomic E-state index is 0.0240. The molecular weight excluding hydrogens is 429 g/mol. The summed E-state index contributed by atoms with van der Waals surface area (Å²) >= 11 is 5.66. The van der Waals surface area contributed by atoms with Gasteiger partial charge in [0, 0.05) is 21.6 Å². The number of halogens is 2. The Kier molecular flexibility index (Phi) is 5.21. The number of benzene rings is 2. The number of hydrogen-bond donors (Lipinski definition) is 0. The first-order chi connectivity index (χ1) is 9.47. The fraction of sp³-hybridized carbons (Fsp3) is 0.188. The standard InChI is InChI=1S/C16H15BrINO/c1-11-3-5-12(6-4-11)10-19(2)16(20)14-9-13(18)7-8-15(14)17/h3-9H,10H2,1-2H3. The summed E-state index contributed by atoms with van der Waals surface area (Å²) in [5.74, 6) is 0.0240. The van der Waals surface area contributed by atoms with Gasteiger partial charge in [0.1, 0.15) is 0 Å². The van der Waals surface area contributed by atoms with Crippen LogP contribution in [0.25, 0.3) is 0 Å². The van der Waals surface area contributed by atoms with Crippen molar-refractivity contribution in [2.24, 2.45) is 0 Å². The van der Waals surface area contributed by atoms with E-state index >= 15 is 0 Å². The molecule has 4 heteroatoms. The van der Waals surface area contributed by atoms with Crippen LogP contribution in [0, 0.1) is 10.5 Å². The van der Waals surface area contributed by atoms with E-state index in [-0.39, 0.29) is 5.91 Å². The zero-order valence-electron chi connectivity index (χ0n) is 11.4. The second kappa shape index (κ2) is 6.72. The van der Waals surface area contributed by atoms with Crippen LogP contribution in [0.4, 0.5) is 0 Å². The molecule has 0 aromatic heterocycles. The molecular formula is C16H15BrINO. The number of hydrogen-bond acceptors (Lipinski definition) is 1. The van der Waals surface area contributed by atoms with Crippen molar-refractivity contribution in [3.8, 4) is 0 Å². The highest BCUT2D eigenvalue weighted by Gasteiger charge is 2.15. The molecule has 1 amide bonds. The zero-order chi connectivity index (χ0) is 14.7. The van der Waals surface area contributed by atoms with Gasteiger partial charge in [0.05, 0.1) is 5.56 Å². The van der Waals surface area contributed by atoms with Crippen LogP contribution < -0.4 is 0 Å². The Bertz CT molecular complexity index is 625. The van der Waals surface area contributed by atoms with Gasteiger partial charge in [-0.15, -0.1) is 0 Å². The maximum Gasteiger partial charge on any atom is 0.255 e. The molecule has 2 aromatic carbocycles. The molecule has 0 saturated carbocycles. The predicted molar refractivity (Wildman–Crippen MR) is 93.8 cm³/mol. The van der Waals surface area contributed by atoms with Gasteiger partial charge >= 0.3 is 0 Å². The molecule has 2 rings (SSSR count). The van der Waals surface area contributed by atoms with Gasteiger partial charge in [0.2, 0.25) is 0 Å². The van der Waals surface area contributed by atoms with E-state index < -0.39 is 0 Å². The Morgan fingerprint density at radius 3 is 2.50 bits per heavy atom. The molecule has 0 saturated heterocycles. The number of aryl methyl sites for hydroxylation is 1. The summed E-state index contributed by atoms with van der Waals surface area (Å²) in [5.41, 5.74) is 3.06. The molecule has 0 fully saturated rings. The zero-order valence-corrected chi connectivity index (χ0v) is 15.1. The van der Waals surface area contributed by atoms with Crippen LogP contribution in [0.3, 0.4) is 0 Å². The van der Waals surface area contributed by atoms with E-state index in [1.54, 1.807) is 4.90 Å². The van der Waals surface area contributed by atoms with E-state index in [0.717, 1.165) is 13.6 Å². The molecule has 0 aliphatic rings. The highest BCUT2D eigenvalue weighted by atomic mass is 127. The third-order valence-corrected chi connectivity index (χ3v) is 4.41. The van der Waals surface area contributed by atoms with Crippen LogP contribution in [0.1, 0.15) is 21.5 Å². The first-order valence-corrected chi connectivity index (χ1v) is 8.10. The fourth-order valence-electron chi connectivity index (χ4n) is 1.91. The molecule has 0 aliphatic heterocycles. The van der Waals surface area contributed by atoms with Gasteiger partial charge in [-0.3, -0.25) is 4.79 Å². The molecule has 0 heterocycles. The predicted octanol–water partition coefficient (Wildman–Crippen LogP) is 4.63. The third-order valence-electron chi connectivity index (χ3n) is 3.05. The van der Waals surface area contributed by atoms with Crippen molar-refractivity contribution >= 4 is 44.4 Å². The molecule has 20 heavy (non-hydrogen) atoms. The summed E-state index contributed by atoms with van der Waals surface area (Å²) in [6.45, 7) is 2.67. The number of amides is 1. The monoisotopic (exact) mass is 443 g/mol. The second-order valence-corrected chi connectivity index (χ2v) is 6.87. The highest BCUT2D eigenvalue weighted by molar-refractivity contribution is 14.1. The second-order valence-electron chi connectivity index (χ2n) is 4.77. The van der Waals surface area contributed by atoms with Crippen LogP contribution in [0.5, 0.6) is 0 Å². The van der Waals surface area contributed by atoms with Crippen molar-refractivity contribution in [3.05, 3.63) is 67.2 Å². The number of rotatable bonds is 3. The summed E-state index contributed by atoms with van der Waals surface area (Å²) in [5, 5.41) is 0. The van der Waals surface area contributed by atoms with Gasteiger partial charge in [-0.2, -0.15) is 0 Å². The molecule has 104 valence electrons. The van der Waals surface area contributed by atoms with Gasteiger partial charge in [-0.1, -0.05) is 29.8 Å². The Morgan fingerprint density at radius 2 is 1.85 bits per heavy atom. The van der Waals surface area contributed by atoms with Crippen molar-refractivity contribution in [1.82, 2.24) is 4.90 Å². The normalized spacial score (nSPS) is 10.4. The summed E-state index contributed by atoms with van der Waals surface area (Å²) < 4.78 is 1.89. The molecule has 0 bridgehead atoms. The summed E-state index contributed by atoms with van der Waals surface area (Å²) in [6, 6.07) is 14.0. The smallest absolute Gasteiger partial charge is 0.255 e. The highest BCUT2D eigenvalue weighted by Crippen LogP contribution is 2.21. The van der Waals surface area contributed by atoms with Crippen LogP contribution in [0.15, 0.2) is 46.9 Å². The lowest BCUT2D eigenvalue weighted by Gasteiger charge is -2.18. The molecule has 2 aromatic rings. The summed E-state index contributed by atoms with van der Waals surface area (Å²) in [7, 11) is 1.83. The van der Waals surface area contributed by atoms with E-state index in [9.17, 15) is 4.79 Å². The lowest BCUT2D eigenvalue weighted by atomic mass is 10.1. The van der Waals surface area contributed by atoms with E-state index in [4.69, 9.17) is 0 Å². The maximum atomic E-state index is 12.5. The maximum absolute atomic E-state index is 12.5. The first-order valence-electron chi connectivity index (χ1n) is 6.23. The minimum absolute atomic E-state index is 0.0240. The Labute approximate surface area is 141 Å². The van der Waals surface area contributed by atoms with E-state index in [1.807, 2.05) is 25.2 Å². The molecule has 0 atom stereocenters. The van der Waals surface area contributed by atoms with Crippen LogP contribution in [0.2, 0.25) is 0 Å². The van der Waals surface area contributed by atoms with E-state index in [0.29, 0.717) is 12.1 Å². The average molecular weight is 444 g/mol. The topological polar surface area (TPSA) is 20.3 Å². The summed E-state index contributed by atoms with van der Waals surface area (Å²) in [6.07, 6.45) is 0. The van der Waals surface area contributed by atoms with Crippen molar-refractivity contribution in [2.75, 3.05) is 7.05 Å².